The van der Waals surface area contributed by atoms with Gasteiger partial charge in [0.15, 0.2) is 0 Å². The Hall–Kier alpha value is -2.04. The van der Waals surface area contributed by atoms with Gasteiger partial charge in [-0.05, 0) is 57.2 Å². The minimum absolute atomic E-state index is 0. The molecule has 3 N–H and O–H groups in total. The maximum Gasteiger partial charge on any atom is 1.00 e. The third kappa shape index (κ3) is 10.2. The number of pyridine rings is 1. The molecule has 1 aliphatic carbocycles. The van der Waals surface area contributed by atoms with E-state index in [1.165, 1.54) is 12.6 Å². The zero-order valence-electron chi connectivity index (χ0n) is 20.1. The third-order valence-corrected chi connectivity index (χ3v) is 5.02. The minimum atomic E-state index is -0.990. The van der Waals surface area contributed by atoms with Gasteiger partial charge in [0.25, 0.3) is 0 Å². The number of carbonyl (C=O) groups is 3. The first-order chi connectivity index (χ1) is 14.1. The number of aliphatic carboxylic acids is 1. The molecule has 1 atom stereocenters. The molecule has 1 aromatic rings. The van der Waals surface area contributed by atoms with Crippen LogP contribution in [0.1, 0.15) is 72.7 Å². The molecular formula is C22H34LiN3O5. The monoisotopic (exact) mass is 427 g/mol. The van der Waals surface area contributed by atoms with Gasteiger partial charge in [0.05, 0.1) is 6.42 Å². The van der Waals surface area contributed by atoms with Crippen molar-refractivity contribution < 1.29 is 44.5 Å². The van der Waals surface area contributed by atoms with E-state index in [4.69, 9.17) is 4.74 Å². The number of amides is 2. The van der Waals surface area contributed by atoms with Crippen LogP contribution in [0.15, 0.2) is 18.3 Å². The molecule has 1 aromatic heterocycles. The number of nitrogens with zero attached hydrogens (tertiary/aromatic N) is 1. The van der Waals surface area contributed by atoms with Crippen molar-refractivity contribution in [2.75, 3.05) is 5.32 Å². The fourth-order valence-corrected chi connectivity index (χ4v) is 3.67. The number of hydrogen-bond acceptors (Lipinski definition) is 5. The SMILES string of the molecule is CC(C)(C)OC(=O)Nc1cc(CC(=O)NC(C(=O)O)C2CCCCCCC2)ccn1.[H-].[Li+]. The maximum atomic E-state index is 12.5. The Kier molecular flexibility index (Phi) is 11.1. The van der Waals surface area contributed by atoms with Gasteiger partial charge in [0.2, 0.25) is 5.91 Å². The molecule has 0 saturated heterocycles. The van der Waals surface area contributed by atoms with Crippen molar-refractivity contribution in [3.05, 3.63) is 23.9 Å². The summed E-state index contributed by atoms with van der Waals surface area (Å²) < 4.78 is 5.19. The summed E-state index contributed by atoms with van der Waals surface area (Å²) in [5, 5.41) is 14.9. The summed E-state index contributed by atoms with van der Waals surface area (Å²) in [6, 6.07) is 2.36. The number of ether oxygens (including phenoxy) is 1. The standard InChI is InChI=1S/C22H33N3O5.Li.H/c1-22(2,3)30-21(29)24-17-13-15(11-12-23-17)14-18(26)25-19(20(27)28)16-9-7-5-4-6-8-10-16;;/h11-13,16,19H,4-10,14H2,1-3H3,(H,25,26)(H,27,28)(H,23,24,29);;/q;+1;-1. The number of carbonyl (C=O) groups excluding carboxylic acids is 2. The number of carboxylic acid groups (broad SMARTS) is 1. The molecule has 8 nitrogen and oxygen atoms in total. The molecule has 1 saturated carbocycles. The number of rotatable bonds is 6. The number of carboxylic acids is 1. The van der Waals surface area contributed by atoms with Crippen LogP contribution in [0, 0.1) is 5.92 Å². The molecule has 0 bridgehead atoms. The molecule has 1 fully saturated rings. The van der Waals surface area contributed by atoms with Gasteiger partial charge in [-0.15, -0.1) is 0 Å². The van der Waals surface area contributed by atoms with Crippen LogP contribution in [0.25, 0.3) is 0 Å². The van der Waals surface area contributed by atoms with Crippen LogP contribution >= 0.6 is 0 Å². The van der Waals surface area contributed by atoms with E-state index in [9.17, 15) is 19.5 Å². The number of aromatic nitrogens is 1. The number of anilines is 1. The summed E-state index contributed by atoms with van der Waals surface area (Å²) in [4.78, 5) is 40.3. The number of hydrogen-bond donors (Lipinski definition) is 3. The fourth-order valence-electron chi connectivity index (χ4n) is 3.67. The molecule has 0 aliphatic heterocycles. The topological polar surface area (TPSA) is 118 Å². The van der Waals surface area contributed by atoms with Crippen molar-refractivity contribution in [2.45, 2.75) is 83.8 Å². The van der Waals surface area contributed by atoms with Crippen LogP contribution in [0.5, 0.6) is 0 Å². The van der Waals surface area contributed by atoms with Gasteiger partial charge in [-0.1, -0.05) is 32.1 Å². The second-order valence-corrected chi connectivity index (χ2v) is 8.84. The van der Waals surface area contributed by atoms with E-state index < -0.39 is 23.7 Å². The summed E-state index contributed by atoms with van der Waals surface area (Å²) >= 11 is 0. The Morgan fingerprint density at radius 2 is 1.81 bits per heavy atom. The Labute approximate surface area is 197 Å². The van der Waals surface area contributed by atoms with E-state index in [1.807, 2.05) is 0 Å². The van der Waals surface area contributed by atoms with Gasteiger partial charge >= 0.3 is 30.9 Å². The molecular weight excluding hydrogens is 393 g/mol. The molecule has 0 spiro atoms. The molecule has 1 heterocycles. The van der Waals surface area contributed by atoms with Crippen molar-refractivity contribution in [1.29, 1.82) is 0 Å². The van der Waals surface area contributed by atoms with Crippen LogP contribution in [-0.4, -0.2) is 39.7 Å². The van der Waals surface area contributed by atoms with Crippen LogP contribution in [0.4, 0.5) is 10.6 Å². The van der Waals surface area contributed by atoms with Crippen molar-refractivity contribution in [3.63, 3.8) is 0 Å². The second-order valence-electron chi connectivity index (χ2n) is 8.84. The first kappa shape index (κ1) is 27.0. The molecule has 9 heteroatoms. The van der Waals surface area contributed by atoms with Crippen LogP contribution in [0.3, 0.4) is 0 Å². The van der Waals surface area contributed by atoms with E-state index >= 15 is 0 Å². The average molecular weight is 427 g/mol. The van der Waals surface area contributed by atoms with E-state index in [1.54, 1.807) is 32.9 Å². The molecule has 2 rings (SSSR count). The zero-order chi connectivity index (χ0) is 22.1. The first-order valence-corrected chi connectivity index (χ1v) is 10.6. The van der Waals surface area contributed by atoms with Crippen molar-refractivity contribution in [1.82, 2.24) is 10.3 Å². The summed E-state index contributed by atoms with van der Waals surface area (Å²) in [7, 11) is 0. The molecule has 0 radical (unpaired) electrons. The molecule has 1 aliphatic rings. The van der Waals surface area contributed by atoms with Crippen LogP contribution < -0.4 is 29.5 Å². The van der Waals surface area contributed by atoms with Gasteiger partial charge < -0.3 is 16.6 Å². The summed E-state index contributed by atoms with van der Waals surface area (Å²) in [6.07, 6.45) is 7.89. The fraction of sp³-hybridized carbons (Fsp3) is 0.636. The van der Waals surface area contributed by atoms with Crippen molar-refractivity contribution >= 4 is 23.8 Å². The molecule has 168 valence electrons. The molecule has 2 amide bonds. The summed E-state index contributed by atoms with van der Waals surface area (Å²) in [6.45, 7) is 5.28. The van der Waals surface area contributed by atoms with Gasteiger partial charge in [-0.25, -0.2) is 14.6 Å². The van der Waals surface area contributed by atoms with E-state index in [-0.39, 0.29) is 44.4 Å². The van der Waals surface area contributed by atoms with Gasteiger partial charge in [-0.2, -0.15) is 0 Å². The van der Waals surface area contributed by atoms with Gasteiger partial charge in [-0.3, -0.25) is 10.1 Å². The predicted octanol–water partition coefficient (Wildman–Crippen LogP) is 1.02. The third-order valence-electron chi connectivity index (χ3n) is 5.02. The Morgan fingerprint density at radius 1 is 1.19 bits per heavy atom. The molecule has 0 aromatic carbocycles. The van der Waals surface area contributed by atoms with E-state index in [0.717, 1.165) is 38.5 Å². The Morgan fingerprint density at radius 3 is 2.39 bits per heavy atom. The summed E-state index contributed by atoms with van der Waals surface area (Å²) in [5.41, 5.74) is -0.0138. The van der Waals surface area contributed by atoms with Gasteiger partial charge in [0.1, 0.15) is 17.5 Å². The molecule has 1 unspecified atom stereocenters. The van der Waals surface area contributed by atoms with Crippen molar-refractivity contribution in [2.24, 2.45) is 5.92 Å². The number of nitrogens with one attached hydrogen (secondary N) is 2. The first-order valence-electron chi connectivity index (χ1n) is 10.6. The van der Waals surface area contributed by atoms with E-state index in [0.29, 0.717) is 5.56 Å². The Bertz CT molecular complexity index is 749. The molecule has 31 heavy (non-hydrogen) atoms. The van der Waals surface area contributed by atoms with Crippen molar-refractivity contribution in [3.8, 4) is 0 Å². The quantitative estimate of drug-likeness (QED) is 0.584. The largest absolute Gasteiger partial charge is 1.00 e. The maximum absolute atomic E-state index is 12.5. The zero-order valence-corrected chi connectivity index (χ0v) is 19.1. The Balaban J connectivity index is 0.00000480. The minimum Gasteiger partial charge on any atom is -1.00 e. The predicted molar refractivity (Wildman–Crippen MR) is 114 cm³/mol. The average Bonchev–Trinajstić information content (AvgIpc) is 2.58. The van der Waals surface area contributed by atoms with Crippen LogP contribution in [-0.2, 0) is 20.7 Å². The normalized spacial score (nSPS) is 16.1. The second kappa shape index (κ2) is 12.7. The van der Waals surface area contributed by atoms with Gasteiger partial charge in [0, 0.05) is 6.20 Å². The summed E-state index contributed by atoms with van der Waals surface area (Å²) in [5.74, 6) is -1.13. The van der Waals surface area contributed by atoms with E-state index in [2.05, 4.69) is 15.6 Å². The smallest absolute Gasteiger partial charge is 1.00 e. The van der Waals surface area contributed by atoms with Crippen LogP contribution in [0.2, 0.25) is 0 Å².